The minimum Gasteiger partial charge on any atom is -0.351 e. The Morgan fingerprint density at radius 2 is 1.69 bits per heavy atom. The van der Waals surface area contributed by atoms with Crippen LogP contribution < -0.4 is 5.73 Å². The van der Waals surface area contributed by atoms with Crippen LogP contribution >= 0.6 is 0 Å². The van der Waals surface area contributed by atoms with Crippen LogP contribution in [0.2, 0.25) is 0 Å². The largest absolute Gasteiger partial charge is 0.351 e. The van der Waals surface area contributed by atoms with Crippen molar-refractivity contribution in [2.45, 2.75) is 52.9 Å². The van der Waals surface area contributed by atoms with Crippen molar-refractivity contribution < 1.29 is 14.3 Å². The Morgan fingerprint density at radius 3 is 2.34 bits per heavy atom. The highest BCUT2D eigenvalue weighted by Crippen LogP contribution is 2.20. The van der Waals surface area contributed by atoms with Gasteiger partial charge in [-0.15, -0.1) is 0 Å². The molecule has 0 aliphatic heterocycles. The molecule has 2 aromatic carbocycles. The summed E-state index contributed by atoms with van der Waals surface area (Å²) >= 11 is 0. The third-order valence-corrected chi connectivity index (χ3v) is 5.00. The molecular formula is C24H36N2O3. The first-order valence-electron chi connectivity index (χ1n) is 10.7. The van der Waals surface area contributed by atoms with E-state index in [1.165, 1.54) is 0 Å². The predicted octanol–water partition coefficient (Wildman–Crippen LogP) is 3.98. The number of nitrogens with two attached hydrogens (primary N) is 1. The zero-order chi connectivity index (χ0) is 21.2. The summed E-state index contributed by atoms with van der Waals surface area (Å²) in [6.07, 6.45) is 0.996. The molecule has 0 spiro atoms. The molecule has 0 saturated carbocycles. The molecule has 0 radical (unpaired) electrons. The van der Waals surface area contributed by atoms with Crippen molar-refractivity contribution in [3.63, 3.8) is 0 Å². The van der Waals surface area contributed by atoms with Crippen molar-refractivity contribution in [1.82, 2.24) is 4.90 Å². The van der Waals surface area contributed by atoms with E-state index in [0.29, 0.717) is 38.6 Å². The van der Waals surface area contributed by atoms with Crippen molar-refractivity contribution in [2.24, 2.45) is 11.7 Å². The summed E-state index contributed by atoms with van der Waals surface area (Å²) in [5.41, 5.74) is 7.49. The molecule has 1 amide bonds. The number of hydrogen-bond acceptors (Lipinski definition) is 4. The van der Waals surface area contributed by atoms with Crippen LogP contribution in [0.25, 0.3) is 10.8 Å². The lowest BCUT2D eigenvalue weighted by Gasteiger charge is -2.30. The minimum atomic E-state index is -0.600. The Bertz CT molecular complexity index is 751. The summed E-state index contributed by atoms with van der Waals surface area (Å²) < 4.78 is 11.3. The molecule has 0 aliphatic rings. The van der Waals surface area contributed by atoms with Gasteiger partial charge in [0.2, 0.25) is 5.91 Å². The van der Waals surface area contributed by atoms with Crippen LogP contribution in [0.5, 0.6) is 0 Å². The van der Waals surface area contributed by atoms with E-state index < -0.39 is 12.3 Å². The number of amides is 1. The molecule has 0 unspecified atom stereocenters. The highest BCUT2D eigenvalue weighted by atomic mass is 16.7. The number of fused-ring (bicyclic) bond motifs is 1. The summed E-state index contributed by atoms with van der Waals surface area (Å²) in [5, 5.41) is 2.31. The number of carbonyl (C=O) groups excluding carboxylic acids is 1. The number of nitrogens with zero attached hydrogens (tertiary/aromatic N) is 1. The quantitative estimate of drug-likeness (QED) is 0.547. The van der Waals surface area contributed by atoms with Gasteiger partial charge < -0.3 is 20.1 Å². The highest BCUT2D eigenvalue weighted by Gasteiger charge is 2.25. The van der Waals surface area contributed by atoms with Crippen LogP contribution in [-0.2, 0) is 20.7 Å². The van der Waals surface area contributed by atoms with Crippen LogP contribution in [-0.4, -0.2) is 49.4 Å². The van der Waals surface area contributed by atoms with E-state index in [4.69, 9.17) is 15.2 Å². The van der Waals surface area contributed by atoms with Crippen molar-refractivity contribution in [1.29, 1.82) is 0 Å². The Morgan fingerprint density at radius 1 is 1.03 bits per heavy atom. The van der Waals surface area contributed by atoms with Crippen molar-refractivity contribution in [3.8, 4) is 0 Å². The Labute approximate surface area is 175 Å². The zero-order valence-electron chi connectivity index (χ0n) is 18.3. The van der Waals surface area contributed by atoms with E-state index in [-0.39, 0.29) is 5.91 Å². The van der Waals surface area contributed by atoms with E-state index in [2.05, 4.69) is 38.1 Å². The molecular weight excluding hydrogens is 364 g/mol. The molecule has 160 valence electrons. The van der Waals surface area contributed by atoms with Gasteiger partial charge in [-0.1, -0.05) is 56.3 Å². The van der Waals surface area contributed by atoms with Crippen molar-refractivity contribution >= 4 is 16.7 Å². The molecule has 2 rings (SSSR count). The van der Waals surface area contributed by atoms with Crippen LogP contribution in [0, 0.1) is 5.92 Å². The van der Waals surface area contributed by atoms with E-state index >= 15 is 0 Å². The molecule has 1 atom stereocenters. The molecule has 0 saturated heterocycles. The van der Waals surface area contributed by atoms with Crippen molar-refractivity contribution in [2.75, 3.05) is 26.3 Å². The molecule has 2 N–H and O–H groups in total. The molecule has 0 aliphatic carbocycles. The lowest BCUT2D eigenvalue weighted by Crippen LogP contribution is -2.49. The number of carbonyl (C=O) groups is 1. The number of rotatable bonds is 12. The van der Waals surface area contributed by atoms with Crippen LogP contribution in [0.4, 0.5) is 0 Å². The van der Waals surface area contributed by atoms with Crippen LogP contribution in [0.1, 0.15) is 39.7 Å². The van der Waals surface area contributed by atoms with Gasteiger partial charge in [-0.05, 0) is 48.9 Å². The molecule has 0 aromatic heterocycles. The van der Waals surface area contributed by atoms with E-state index in [0.717, 1.165) is 22.8 Å². The molecule has 29 heavy (non-hydrogen) atoms. The topological polar surface area (TPSA) is 64.8 Å². The fourth-order valence-electron chi connectivity index (χ4n) is 3.44. The second-order valence-corrected chi connectivity index (χ2v) is 7.76. The average Bonchev–Trinajstić information content (AvgIpc) is 2.71. The van der Waals surface area contributed by atoms with Gasteiger partial charge in [-0.25, -0.2) is 0 Å². The monoisotopic (exact) mass is 400 g/mol. The first-order chi connectivity index (χ1) is 14.0. The van der Waals surface area contributed by atoms with Gasteiger partial charge in [-0.3, -0.25) is 4.79 Å². The third kappa shape index (κ3) is 7.11. The number of hydrogen-bond donors (Lipinski definition) is 1. The second-order valence-electron chi connectivity index (χ2n) is 7.76. The fourth-order valence-corrected chi connectivity index (χ4v) is 3.44. The maximum Gasteiger partial charge on any atom is 0.240 e. The van der Waals surface area contributed by atoms with Crippen molar-refractivity contribution in [3.05, 3.63) is 48.0 Å². The van der Waals surface area contributed by atoms with Gasteiger partial charge in [-0.2, -0.15) is 0 Å². The van der Waals surface area contributed by atoms with Gasteiger partial charge in [0.25, 0.3) is 0 Å². The Kier molecular flexibility index (Phi) is 9.58. The zero-order valence-corrected chi connectivity index (χ0v) is 18.3. The van der Waals surface area contributed by atoms with Crippen LogP contribution in [0.3, 0.4) is 0 Å². The number of benzene rings is 2. The summed E-state index contributed by atoms with van der Waals surface area (Å²) in [6, 6.07) is 13.7. The maximum absolute atomic E-state index is 13.2. The van der Waals surface area contributed by atoms with Gasteiger partial charge in [0.1, 0.15) is 0 Å². The lowest BCUT2D eigenvalue weighted by atomic mass is 9.98. The Balaban J connectivity index is 2.14. The minimum absolute atomic E-state index is 0.0528. The first-order valence-corrected chi connectivity index (χ1v) is 10.7. The van der Waals surface area contributed by atoms with Gasteiger partial charge in [0, 0.05) is 19.8 Å². The second kappa shape index (κ2) is 11.9. The molecule has 5 heteroatoms. The molecule has 2 aromatic rings. The molecule has 0 fully saturated rings. The smallest absolute Gasteiger partial charge is 0.240 e. The highest BCUT2D eigenvalue weighted by molar-refractivity contribution is 5.87. The summed E-state index contributed by atoms with van der Waals surface area (Å²) in [4.78, 5) is 15.0. The molecule has 0 bridgehead atoms. The summed E-state index contributed by atoms with van der Waals surface area (Å²) in [5.74, 6) is 0.445. The van der Waals surface area contributed by atoms with Gasteiger partial charge in [0.15, 0.2) is 6.29 Å². The SMILES string of the molecule is CCOC(CN(CCC(C)C)C(=O)[C@@H](N)Cc1cccc2ccccc12)OCC. The lowest BCUT2D eigenvalue weighted by molar-refractivity contribution is -0.159. The van der Waals surface area contributed by atoms with Gasteiger partial charge in [0.05, 0.1) is 12.6 Å². The predicted molar refractivity (Wildman–Crippen MR) is 119 cm³/mol. The van der Waals surface area contributed by atoms with Crippen LogP contribution in [0.15, 0.2) is 42.5 Å². The van der Waals surface area contributed by atoms with Gasteiger partial charge >= 0.3 is 0 Å². The maximum atomic E-state index is 13.2. The standard InChI is InChI=1S/C24H36N2O3/c1-5-28-23(29-6-2)17-26(15-14-18(3)4)24(27)22(25)16-20-12-9-11-19-10-7-8-13-21(19)20/h7-13,18,22-23H,5-6,14-17,25H2,1-4H3/t22-/m0/s1. The molecule has 0 heterocycles. The average molecular weight is 401 g/mol. The Hall–Kier alpha value is -1.95. The normalized spacial score (nSPS) is 12.7. The third-order valence-electron chi connectivity index (χ3n) is 5.00. The van der Waals surface area contributed by atoms with E-state index in [1.54, 1.807) is 0 Å². The fraction of sp³-hybridized carbons (Fsp3) is 0.542. The summed E-state index contributed by atoms with van der Waals surface area (Å²) in [7, 11) is 0. The first kappa shape index (κ1) is 23.3. The summed E-state index contributed by atoms with van der Waals surface area (Å²) in [6.45, 7) is 10.3. The van der Waals surface area contributed by atoms with E-state index in [1.807, 2.05) is 36.9 Å². The molecule has 5 nitrogen and oxygen atoms in total. The van der Waals surface area contributed by atoms with E-state index in [9.17, 15) is 4.79 Å². The number of ether oxygens (including phenoxy) is 2.